The Morgan fingerprint density at radius 2 is 2.00 bits per heavy atom. The van der Waals surface area contributed by atoms with Crippen molar-refractivity contribution in [3.05, 3.63) is 0 Å². The summed E-state index contributed by atoms with van der Waals surface area (Å²) < 4.78 is 0. The van der Waals surface area contributed by atoms with E-state index in [0.29, 0.717) is 0 Å². The van der Waals surface area contributed by atoms with Gasteiger partial charge in [0.25, 0.3) is 0 Å². The van der Waals surface area contributed by atoms with Crippen LogP contribution in [0.3, 0.4) is 0 Å². The van der Waals surface area contributed by atoms with Gasteiger partial charge in [-0.25, -0.2) is 0 Å². The van der Waals surface area contributed by atoms with E-state index in [1.165, 1.54) is 12.8 Å². The summed E-state index contributed by atoms with van der Waals surface area (Å²) >= 11 is 0. The van der Waals surface area contributed by atoms with Gasteiger partial charge in [0.15, 0.2) is 6.19 Å². The van der Waals surface area contributed by atoms with Crippen molar-refractivity contribution in [2.75, 3.05) is 27.2 Å². The van der Waals surface area contributed by atoms with Gasteiger partial charge in [-0.1, -0.05) is 6.42 Å². The highest BCUT2D eigenvalue weighted by molar-refractivity contribution is 4.63. The maximum absolute atomic E-state index is 8.14. The third-order valence-corrected chi connectivity index (χ3v) is 1.49. The molecule has 0 rings (SSSR count). The van der Waals surface area contributed by atoms with E-state index >= 15 is 0 Å². The van der Waals surface area contributed by atoms with Crippen LogP contribution >= 0.6 is 0 Å². The number of nitrogens with one attached hydrogen (secondary N) is 1. The maximum Gasteiger partial charge on any atom is 0.176 e. The Morgan fingerprint density at radius 3 is 2.55 bits per heavy atom. The van der Waals surface area contributed by atoms with E-state index in [-0.39, 0.29) is 0 Å². The van der Waals surface area contributed by atoms with E-state index in [1.807, 2.05) is 6.19 Å². The van der Waals surface area contributed by atoms with Crippen LogP contribution in [0.4, 0.5) is 0 Å². The molecule has 11 heavy (non-hydrogen) atoms. The SMILES string of the molecule is CN(C)CCCCCNC#N. The topological polar surface area (TPSA) is 39.1 Å². The van der Waals surface area contributed by atoms with Gasteiger partial charge in [0.2, 0.25) is 0 Å². The first-order chi connectivity index (χ1) is 5.27. The minimum atomic E-state index is 0.823. The van der Waals surface area contributed by atoms with Gasteiger partial charge in [-0.15, -0.1) is 0 Å². The Labute approximate surface area is 69.0 Å². The number of unbranched alkanes of at least 4 members (excludes halogenated alkanes) is 2. The van der Waals surface area contributed by atoms with Gasteiger partial charge in [0.1, 0.15) is 0 Å². The van der Waals surface area contributed by atoms with Crippen LogP contribution in [-0.2, 0) is 0 Å². The van der Waals surface area contributed by atoms with E-state index in [2.05, 4.69) is 24.3 Å². The molecule has 0 radical (unpaired) electrons. The van der Waals surface area contributed by atoms with Gasteiger partial charge >= 0.3 is 0 Å². The van der Waals surface area contributed by atoms with Crippen molar-refractivity contribution in [2.45, 2.75) is 19.3 Å². The highest BCUT2D eigenvalue weighted by atomic mass is 15.0. The molecule has 0 amide bonds. The van der Waals surface area contributed by atoms with Crippen LogP contribution in [0.25, 0.3) is 0 Å². The van der Waals surface area contributed by atoms with Crippen LogP contribution in [0.15, 0.2) is 0 Å². The van der Waals surface area contributed by atoms with E-state index < -0.39 is 0 Å². The smallest absolute Gasteiger partial charge is 0.176 e. The molecule has 0 aromatic heterocycles. The average molecular weight is 155 g/mol. The monoisotopic (exact) mass is 155 g/mol. The molecule has 0 saturated carbocycles. The van der Waals surface area contributed by atoms with Gasteiger partial charge < -0.3 is 10.2 Å². The molecule has 0 heterocycles. The van der Waals surface area contributed by atoms with Gasteiger partial charge in [-0.3, -0.25) is 0 Å². The molecule has 0 aliphatic heterocycles. The summed E-state index contributed by atoms with van der Waals surface area (Å²) in [5, 5.41) is 10.8. The lowest BCUT2D eigenvalue weighted by Crippen LogP contribution is -2.13. The predicted octanol–water partition coefficient (Wildman–Crippen LogP) is 0.789. The molecule has 0 aliphatic rings. The van der Waals surface area contributed by atoms with Crippen LogP contribution in [0.2, 0.25) is 0 Å². The fourth-order valence-electron chi connectivity index (χ4n) is 0.874. The second-order valence-corrected chi connectivity index (χ2v) is 2.90. The minimum absolute atomic E-state index is 0.823. The molecule has 0 bridgehead atoms. The normalized spacial score (nSPS) is 9.64. The van der Waals surface area contributed by atoms with E-state index in [1.54, 1.807) is 0 Å². The quantitative estimate of drug-likeness (QED) is 0.350. The van der Waals surface area contributed by atoms with Crippen molar-refractivity contribution in [3.63, 3.8) is 0 Å². The van der Waals surface area contributed by atoms with Crippen LogP contribution in [0.1, 0.15) is 19.3 Å². The molecule has 0 atom stereocenters. The largest absolute Gasteiger partial charge is 0.324 e. The zero-order valence-electron chi connectivity index (χ0n) is 7.43. The van der Waals surface area contributed by atoms with Crippen molar-refractivity contribution < 1.29 is 0 Å². The third-order valence-electron chi connectivity index (χ3n) is 1.49. The number of hydrogen-bond donors (Lipinski definition) is 1. The molecule has 0 fully saturated rings. The van der Waals surface area contributed by atoms with E-state index in [9.17, 15) is 0 Å². The van der Waals surface area contributed by atoms with Crippen LogP contribution < -0.4 is 5.32 Å². The van der Waals surface area contributed by atoms with Crippen molar-refractivity contribution >= 4 is 0 Å². The van der Waals surface area contributed by atoms with Crippen molar-refractivity contribution in [2.24, 2.45) is 0 Å². The molecule has 1 N–H and O–H groups in total. The van der Waals surface area contributed by atoms with Crippen LogP contribution in [0.5, 0.6) is 0 Å². The van der Waals surface area contributed by atoms with Crippen LogP contribution in [-0.4, -0.2) is 32.1 Å². The Balaban J connectivity index is 2.86. The number of rotatable bonds is 6. The van der Waals surface area contributed by atoms with Gasteiger partial charge in [-0.2, -0.15) is 5.26 Å². The van der Waals surface area contributed by atoms with E-state index in [0.717, 1.165) is 19.5 Å². The lowest BCUT2D eigenvalue weighted by atomic mass is 10.2. The summed E-state index contributed by atoms with van der Waals surface area (Å²) in [4.78, 5) is 2.18. The average Bonchev–Trinajstić information content (AvgIpc) is 1.96. The minimum Gasteiger partial charge on any atom is -0.324 e. The second-order valence-electron chi connectivity index (χ2n) is 2.90. The third kappa shape index (κ3) is 9.25. The van der Waals surface area contributed by atoms with Crippen molar-refractivity contribution in [1.29, 1.82) is 5.26 Å². The lowest BCUT2D eigenvalue weighted by molar-refractivity contribution is 0.391. The molecule has 0 unspecified atom stereocenters. The summed E-state index contributed by atoms with van der Waals surface area (Å²) in [7, 11) is 4.15. The molecule has 3 heteroatoms. The van der Waals surface area contributed by atoms with Gasteiger partial charge in [-0.05, 0) is 33.5 Å². The number of nitrogens with zero attached hydrogens (tertiary/aromatic N) is 2. The molecule has 0 aromatic carbocycles. The summed E-state index contributed by atoms with van der Waals surface area (Å²) in [6.45, 7) is 1.97. The Bertz CT molecular complexity index is 115. The standard InChI is InChI=1S/C8H17N3/c1-11(2)7-5-3-4-6-10-8-9/h10H,3-7H2,1-2H3. The molecular formula is C8H17N3. The summed E-state index contributed by atoms with van der Waals surface area (Å²) in [5.74, 6) is 0. The van der Waals surface area contributed by atoms with Crippen molar-refractivity contribution in [3.8, 4) is 6.19 Å². The first-order valence-corrected chi connectivity index (χ1v) is 4.04. The highest BCUT2D eigenvalue weighted by Crippen LogP contribution is 1.94. The maximum atomic E-state index is 8.14. The first kappa shape index (κ1) is 10.2. The fraction of sp³-hybridized carbons (Fsp3) is 0.875. The lowest BCUT2D eigenvalue weighted by Gasteiger charge is -2.07. The number of hydrogen-bond acceptors (Lipinski definition) is 3. The fourth-order valence-corrected chi connectivity index (χ4v) is 0.874. The summed E-state index contributed by atoms with van der Waals surface area (Å²) in [6.07, 6.45) is 5.43. The second kappa shape index (κ2) is 7.36. The van der Waals surface area contributed by atoms with Gasteiger partial charge in [0.05, 0.1) is 0 Å². The first-order valence-electron chi connectivity index (χ1n) is 4.04. The zero-order chi connectivity index (χ0) is 8.53. The molecule has 0 saturated heterocycles. The summed E-state index contributed by atoms with van der Waals surface area (Å²) in [5.41, 5.74) is 0. The molecule has 0 spiro atoms. The van der Waals surface area contributed by atoms with Crippen molar-refractivity contribution in [1.82, 2.24) is 10.2 Å². The van der Waals surface area contributed by atoms with Crippen LogP contribution in [0, 0.1) is 11.5 Å². The molecule has 0 aliphatic carbocycles. The number of nitriles is 1. The molecule has 3 nitrogen and oxygen atoms in total. The molecular weight excluding hydrogens is 138 g/mol. The summed E-state index contributed by atoms with van der Waals surface area (Å²) in [6, 6.07) is 0. The van der Waals surface area contributed by atoms with Gasteiger partial charge in [0, 0.05) is 6.54 Å². The Morgan fingerprint density at radius 1 is 1.27 bits per heavy atom. The predicted molar refractivity (Wildman–Crippen MR) is 46.0 cm³/mol. The highest BCUT2D eigenvalue weighted by Gasteiger charge is 1.90. The Hall–Kier alpha value is -0.750. The van der Waals surface area contributed by atoms with E-state index in [4.69, 9.17) is 5.26 Å². The molecule has 64 valence electrons. The molecule has 0 aromatic rings. The zero-order valence-corrected chi connectivity index (χ0v) is 7.43. The Kier molecular flexibility index (Phi) is 6.86.